The van der Waals surface area contributed by atoms with E-state index < -0.39 is 5.97 Å². The molecule has 5 heteroatoms. The number of aryl methyl sites for hydroxylation is 2. The first-order chi connectivity index (χ1) is 9.92. The molecule has 0 saturated heterocycles. The predicted molar refractivity (Wildman–Crippen MR) is 79.0 cm³/mol. The van der Waals surface area contributed by atoms with Crippen LogP contribution in [0, 0.1) is 13.8 Å². The summed E-state index contributed by atoms with van der Waals surface area (Å²) in [5.74, 6) is -0.585. The first-order valence-corrected chi connectivity index (χ1v) is 6.70. The second kappa shape index (κ2) is 5.99. The summed E-state index contributed by atoms with van der Waals surface area (Å²) in [5.41, 5.74) is 3.82. The number of carbonyl (C=O) groups excluding carboxylic acids is 2. The van der Waals surface area contributed by atoms with Crippen LogP contribution in [0.1, 0.15) is 16.7 Å². The quantitative estimate of drug-likeness (QED) is 0.810. The Balaban J connectivity index is 2.20. The third kappa shape index (κ3) is 3.24. The van der Waals surface area contributed by atoms with Crippen LogP contribution in [0.25, 0.3) is 11.0 Å². The average molecular weight is 289 g/mol. The lowest BCUT2D eigenvalue weighted by Gasteiger charge is -2.15. The number of carbonyl (C=O) groups is 2. The minimum atomic E-state index is -0.435. The average Bonchev–Trinajstić information content (AvgIpc) is 2.81. The number of benzene rings is 1. The molecular weight excluding hydrogens is 270 g/mol. The van der Waals surface area contributed by atoms with Crippen molar-refractivity contribution in [3.8, 4) is 0 Å². The second-order valence-corrected chi connectivity index (χ2v) is 5.22. The van der Waals surface area contributed by atoms with Crippen LogP contribution in [0.15, 0.2) is 22.8 Å². The fourth-order valence-electron chi connectivity index (χ4n) is 2.40. The van der Waals surface area contributed by atoms with Gasteiger partial charge in [0.05, 0.1) is 19.8 Å². The Labute approximate surface area is 123 Å². The van der Waals surface area contributed by atoms with Crippen molar-refractivity contribution >= 4 is 22.8 Å². The summed E-state index contributed by atoms with van der Waals surface area (Å²) in [7, 11) is 2.88. The summed E-state index contributed by atoms with van der Waals surface area (Å²) >= 11 is 0. The number of rotatable bonds is 4. The van der Waals surface area contributed by atoms with E-state index in [1.54, 1.807) is 13.3 Å². The first kappa shape index (κ1) is 15.1. The van der Waals surface area contributed by atoms with Crippen molar-refractivity contribution in [3.63, 3.8) is 0 Å². The lowest BCUT2D eigenvalue weighted by molar-refractivity contribution is -0.145. The van der Waals surface area contributed by atoms with Crippen LogP contribution in [0.5, 0.6) is 0 Å². The number of methoxy groups -OCH3 is 1. The van der Waals surface area contributed by atoms with E-state index in [1.807, 2.05) is 19.9 Å². The monoisotopic (exact) mass is 289 g/mol. The Morgan fingerprint density at radius 1 is 1.29 bits per heavy atom. The number of hydrogen-bond acceptors (Lipinski definition) is 4. The van der Waals surface area contributed by atoms with Crippen molar-refractivity contribution in [2.45, 2.75) is 20.3 Å². The minimum absolute atomic E-state index is 0.0524. The number of amides is 1. The second-order valence-electron chi connectivity index (χ2n) is 5.22. The lowest BCUT2D eigenvalue weighted by atomic mass is 10.0. The van der Waals surface area contributed by atoms with E-state index in [1.165, 1.54) is 12.0 Å². The topological polar surface area (TPSA) is 59.8 Å². The molecule has 0 aliphatic rings. The number of nitrogens with zero attached hydrogens (tertiary/aromatic N) is 1. The van der Waals surface area contributed by atoms with Crippen LogP contribution in [-0.4, -0.2) is 37.5 Å². The summed E-state index contributed by atoms with van der Waals surface area (Å²) in [6.45, 7) is 3.95. The first-order valence-electron chi connectivity index (χ1n) is 6.70. The van der Waals surface area contributed by atoms with E-state index in [2.05, 4.69) is 10.8 Å². The molecule has 0 aliphatic heterocycles. The molecule has 0 N–H and O–H groups in total. The molecule has 1 aromatic carbocycles. The van der Waals surface area contributed by atoms with Gasteiger partial charge in [0.1, 0.15) is 12.1 Å². The molecule has 0 fully saturated rings. The van der Waals surface area contributed by atoms with Gasteiger partial charge in [-0.05, 0) is 31.0 Å². The van der Waals surface area contributed by atoms with Gasteiger partial charge in [-0.2, -0.15) is 0 Å². The molecule has 0 aliphatic carbocycles. The highest BCUT2D eigenvalue weighted by atomic mass is 16.5. The standard InChI is InChI=1S/C16H19NO4/c1-10-5-11(2)16-12(9-21-13(16)6-10)7-14(18)17(3)8-15(19)20-4/h5-6,9H,7-8H2,1-4H3. The molecule has 0 unspecified atom stereocenters. The Kier molecular flexibility index (Phi) is 4.31. The van der Waals surface area contributed by atoms with E-state index in [-0.39, 0.29) is 18.9 Å². The van der Waals surface area contributed by atoms with Gasteiger partial charge in [-0.15, -0.1) is 0 Å². The van der Waals surface area contributed by atoms with Crippen molar-refractivity contribution in [1.29, 1.82) is 0 Å². The highest BCUT2D eigenvalue weighted by Crippen LogP contribution is 2.26. The third-order valence-corrected chi connectivity index (χ3v) is 3.45. The molecule has 1 amide bonds. The maximum absolute atomic E-state index is 12.2. The van der Waals surface area contributed by atoms with Crippen LogP contribution in [0.2, 0.25) is 0 Å². The van der Waals surface area contributed by atoms with Crippen molar-refractivity contribution in [2.24, 2.45) is 0 Å². The highest BCUT2D eigenvalue weighted by Gasteiger charge is 2.17. The van der Waals surface area contributed by atoms with E-state index in [0.717, 1.165) is 27.7 Å². The molecule has 0 saturated carbocycles. The summed E-state index contributed by atoms with van der Waals surface area (Å²) < 4.78 is 10.1. The highest BCUT2D eigenvalue weighted by molar-refractivity contribution is 5.91. The van der Waals surface area contributed by atoms with Gasteiger partial charge in [-0.1, -0.05) is 6.07 Å². The lowest BCUT2D eigenvalue weighted by Crippen LogP contribution is -2.33. The van der Waals surface area contributed by atoms with Crippen LogP contribution >= 0.6 is 0 Å². The summed E-state index contributed by atoms with van der Waals surface area (Å²) in [5, 5.41) is 0.973. The largest absolute Gasteiger partial charge is 0.468 e. The van der Waals surface area contributed by atoms with Crippen molar-refractivity contribution < 1.29 is 18.7 Å². The SMILES string of the molecule is COC(=O)CN(C)C(=O)Cc1coc2cc(C)cc(C)c12. The van der Waals surface area contributed by atoms with Crippen molar-refractivity contribution in [3.05, 3.63) is 35.1 Å². The Morgan fingerprint density at radius 3 is 2.67 bits per heavy atom. The maximum Gasteiger partial charge on any atom is 0.325 e. The van der Waals surface area contributed by atoms with Gasteiger partial charge in [0, 0.05) is 18.0 Å². The number of hydrogen-bond donors (Lipinski definition) is 0. The third-order valence-electron chi connectivity index (χ3n) is 3.45. The number of esters is 1. The molecule has 2 rings (SSSR count). The number of furan rings is 1. The van der Waals surface area contributed by atoms with Gasteiger partial charge < -0.3 is 14.1 Å². The van der Waals surface area contributed by atoms with Crippen LogP contribution in [0.4, 0.5) is 0 Å². The Hall–Kier alpha value is -2.30. The molecule has 0 spiro atoms. The van der Waals surface area contributed by atoms with Gasteiger partial charge in [-0.25, -0.2) is 0 Å². The molecule has 2 aromatic rings. The zero-order valence-corrected chi connectivity index (χ0v) is 12.7. The summed E-state index contributed by atoms with van der Waals surface area (Å²) in [6, 6.07) is 4.01. The molecule has 21 heavy (non-hydrogen) atoms. The minimum Gasteiger partial charge on any atom is -0.468 e. The van der Waals surface area contributed by atoms with Crippen LogP contribution in [-0.2, 0) is 20.7 Å². The summed E-state index contributed by atoms with van der Waals surface area (Å²) in [4.78, 5) is 24.7. The zero-order chi connectivity index (χ0) is 15.6. The van der Waals surface area contributed by atoms with E-state index in [0.29, 0.717) is 0 Å². The zero-order valence-electron chi connectivity index (χ0n) is 12.7. The number of ether oxygens (including phenoxy) is 1. The predicted octanol–water partition coefficient (Wildman–Crippen LogP) is 2.22. The normalized spacial score (nSPS) is 10.7. The van der Waals surface area contributed by atoms with Crippen LogP contribution in [0.3, 0.4) is 0 Å². The number of likely N-dealkylation sites (N-methyl/N-ethyl adjacent to an activating group) is 1. The smallest absolute Gasteiger partial charge is 0.325 e. The van der Waals surface area contributed by atoms with Crippen molar-refractivity contribution in [1.82, 2.24) is 4.90 Å². The van der Waals surface area contributed by atoms with Gasteiger partial charge in [-0.3, -0.25) is 9.59 Å². The maximum atomic E-state index is 12.2. The molecule has 0 atom stereocenters. The van der Waals surface area contributed by atoms with E-state index in [4.69, 9.17) is 4.42 Å². The molecule has 0 bridgehead atoms. The molecule has 1 aromatic heterocycles. The van der Waals surface area contributed by atoms with Crippen LogP contribution < -0.4 is 0 Å². The molecule has 1 heterocycles. The Morgan fingerprint density at radius 2 is 2.00 bits per heavy atom. The number of fused-ring (bicyclic) bond motifs is 1. The van der Waals surface area contributed by atoms with Crippen molar-refractivity contribution in [2.75, 3.05) is 20.7 Å². The summed E-state index contributed by atoms with van der Waals surface area (Å²) in [6.07, 6.45) is 1.81. The molecule has 0 radical (unpaired) electrons. The van der Waals surface area contributed by atoms with Gasteiger partial charge in [0.15, 0.2) is 0 Å². The van der Waals surface area contributed by atoms with Gasteiger partial charge >= 0.3 is 5.97 Å². The molecule has 5 nitrogen and oxygen atoms in total. The fourth-order valence-corrected chi connectivity index (χ4v) is 2.40. The van der Waals surface area contributed by atoms with Gasteiger partial charge in [0.2, 0.25) is 5.91 Å². The van der Waals surface area contributed by atoms with E-state index >= 15 is 0 Å². The molecule has 112 valence electrons. The fraction of sp³-hybridized carbons (Fsp3) is 0.375. The Bertz CT molecular complexity index is 687. The van der Waals surface area contributed by atoms with Gasteiger partial charge in [0.25, 0.3) is 0 Å². The molecular formula is C16H19NO4. The van der Waals surface area contributed by atoms with E-state index in [9.17, 15) is 9.59 Å².